The molecule has 0 fully saturated rings. The summed E-state index contributed by atoms with van der Waals surface area (Å²) >= 11 is -6.12. The molecule has 0 amide bonds. The van der Waals surface area contributed by atoms with Gasteiger partial charge in [-0.15, -0.1) is 0 Å². The normalized spacial score (nSPS) is 17.9. The summed E-state index contributed by atoms with van der Waals surface area (Å²) in [6.45, 7) is 11.0. The third kappa shape index (κ3) is 5.47. The SMILES string of the molecule is CC(C)[CH2][V](=[O])(=[O])([OH])([CH2]C(C)C)[CH2]C(C)C. The summed E-state index contributed by atoms with van der Waals surface area (Å²) in [5, 5.41) is -0.209. The Morgan fingerprint density at radius 2 is 0.938 bits per heavy atom. The van der Waals surface area contributed by atoms with Gasteiger partial charge in [0.25, 0.3) is 0 Å². The Balaban J connectivity index is 5.49. The Labute approximate surface area is 98.2 Å². The van der Waals surface area contributed by atoms with Gasteiger partial charge in [-0.25, -0.2) is 0 Å². The van der Waals surface area contributed by atoms with Crippen LogP contribution in [0.2, 0.25) is 15.4 Å². The predicted octanol–water partition coefficient (Wildman–Crippen LogP) is 4.03. The third-order valence-electron chi connectivity index (χ3n) is 2.56. The molecule has 0 radical (unpaired) electrons. The first-order valence-electron chi connectivity index (χ1n) is 6.20. The zero-order valence-corrected chi connectivity index (χ0v) is 13.0. The third-order valence-corrected chi connectivity index (χ3v) is 10.6. The van der Waals surface area contributed by atoms with Gasteiger partial charge in [0, 0.05) is 0 Å². The van der Waals surface area contributed by atoms with E-state index in [1.807, 2.05) is 41.5 Å². The summed E-state index contributed by atoms with van der Waals surface area (Å²) in [4.78, 5) is 0. The van der Waals surface area contributed by atoms with E-state index in [0.717, 1.165) is 0 Å². The molecule has 3 nitrogen and oxygen atoms in total. The Morgan fingerprint density at radius 3 is 1.06 bits per heavy atom. The van der Waals surface area contributed by atoms with Crippen molar-refractivity contribution >= 4 is 0 Å². The number of rotatable bonds is 6. The minimum atomic E-state index is -6.12. The van der Waals surface area contributed by atoms with Crippen LogP contribution >= 0.6 is 0 Å². The number of hydrogen-bond acceptors (Lipinski definition) is 2. The monoisotopic (exact) mass is 271 g/mol. The van der Waals surface area contributed by atoms with E-state index in [9.17, 15) is 11.4 Å². The van der Waals surface area contributed by atoms with Crippen LogP contribution in [0.1, 0.15) is 41.5 Å². The molecular weight excluding hydrogens is 243 g/mol. The van der Waals surface area contributed by atoms with Gasteiger partial charge < -0.3 is 0 Å². The van der Waals surface area contributed by atoms with Crippen LogP contribution in [0.4, 0.5) is 0 Å². The first-order chi connectivity index (χ1) is 6.78. The Hall–Kier alpha value is 0.144. The second kappa shape index (κ2) is 4.11. The molecule has 0 saturated carbocycles. The molecule has 0 bridgehead atoms. The standard InChI is InChI=1S/3C4H9.H2O.2O.V/c3*1-4(2)3;;;;/h3*4H,1H2,2-3H3;1H2;;;/q;;;;;;+1/p-1. The van der Waals surface area contributed by atoms with E-state index in [4.69, 9.17) is 0 Å². The van der Waals surface area contributed by atoms with Crippen LogP contribution < -0.4 is 0 Å². The van der Waals surface area contributed by atoms with Crippen molar-refractivity contribution in [3.63, 3.8) is 0 Å². The molecule has 16 heavy (non-hydrogen) atoms. The molecule has 0 aliphatic heterocycles. The van der Waals surface area contributed by atoms with E-state index < -0.39 is 12.0 Å². The van der Waals surface area contributed by atoms with Gasteiger partial charge in [0.1, 0.15) is 0 Å². The van der Waals surface area contributed by atoms with Crippen molar-refractivity contribution in [3.8, 4) is 0 Å². The van der Waals surface area contributed by atoms with E-state index in [-0.39, 0.29) is 33.2 Å². The molecule has 0 unspecified atom stereocenters. The predicted molar refractivity (Wildman–Crippen MR) is 62.5 cm³/mol. The maximum absolute atomic E-state index is 12.9. The van der Waals surface area contributed by atoms with Crippen molar-refractivity contribution < 1.29 is 23.4 Å². The molecule has 0 aliphatic rings. The van der Waals surface area contributed by atoms with Gasteiger partial charge in [-0.3, -0.25) is 0 Å². The fourth-order valence-corrected chi connectivity index (χ4v) is 13.0. The Bertz CT molecular complexity index is 346. The molecule has 1 N–H and O–H groups in total. The minimum absolute atomic E-state index is 0.0301. The second-order valence-corrected chi connectivity index (χ2v) is 15.1. The van der Waals surface area contributed by atoms with Gasteiger partial charge in [-0.05, 0) is 0 Å². The molecule has 0 rings (SSSR count). The van der Waals surface area contributed by atoms with Crippen LogP contribution in [-0.2, 0) is 19.4 Å². The molecular formula is C12H28O3V. The fraction of sp³-hybridized carbons (Fsp3) is 1.00. The molecule has 0 aromatic carbocycles. The topological polar surface area (TPSA) is 54.4 Å². The van der Waals surface area contributed by atoms with E-state index >= 15 is 0 Å². The number of hydrogen-bond donors (Lipinski definition) is 1. The average molecular weight is 271 g/mol. The molecule has 0 heterocycles. The molecule has 99 valence electrons. The van der Waals surface area contributed by atoms with Crippen LogP contribution in [0.5, 0.6) is 0 Å². The van der Waals surface area contributed by atoms with Gasteiger partial charge in [0.15, 0.2) is 0 Å². The molecule has 0 spiro atoms. The van der Waals surface area contributed by atoms with Crippen LogP contribution in [0.15, 0.2) is 0 Å². The first kappa shape index (κ1) is 16.1. The van der Waals surface area contributed by atoms with E-state index in [2.05, 4.69) is 0 Å². The van der Waals surface area contributed by atoms with Gasteiger partial charge in [0.2, 0.25) is 0 Å². The molecule has 4 heteroatoms. The van der Waals surface area contributed by atoms with E-state index in [1.54, 1.807) is 0 Å². The molecule has 0 aliphatic carbocycles. The molecule has 0 saturated heterocycles. The second-order valence-electron chi connectivity index (χ2n) is 6.84. The van der Waals surface area contributed by atoms with Crippen LogP contribution in [0.3, 0.4) is 0 Å². The van der Waals surface area contributed by atoms with Crippen molar-refractivity contribution in [1.29, 1.82) is 0 Å². The molecule has 0 aromatic rings. The van der Waals surface area contributed by atoms with Crippen molar-refractivity contribution in [3.05, 3.63) is 0 Å². The summed E-state index contributed by atoms with van der Waals surface area (Å²) < 4.78 is 36.2. The summed E-state index contributed by atoms with van der Waals surface area (Å²) in [5.74, 6) is -0.0903. The van der Waals surface area contributed by atoms with Crippen LogP contribution in [0.25, 0.3) is 0 Å². The van der Waals surface area contributed by atoms with Crippen molar-refractivity contribution in [2.24, 2.45) is 17.8 Å². The average Bonchev–Trinajstić information content (AvgIpc) is 1.71. The van der Waals surface area contributed by atoms with Crippen LogP contribution in [0, 0.1) is 17.8 Å². The molecule has 0 aromatic heterocycles. The first-order valence-corrected chi connectivity index (χ1v) is 10.9. The summed E-state index contributed by atoms with van der Waals surface area (Å²) in [6.07, 6.45) is 0. The van der Waals surface area contributed by atoms with Gasteiger partial charge in [-0.2, -0.15) is 0 Å². The van der Waals surface area contributed by atoms with Crippen molar-refractivity contribution in [2.45, 2.75) is 56.9 Å². The summed E-state index contributed by atoms with van der Waals surface area (Å²) in [5.41, 5.74) is 0. The maximum atomic E-state index is 12.9. The van der Waals surface area contributed by atoms with Gasteiger partial charge in [0.05, 0.1) is 0 Å². The Kier molecular flexibility index (Phi) is 4.15. The van der Waals surface area contributed by atoms with Crippen LogP contribution in [-0.4, -0.2) is 4.03 Å². The van der Waals surface area contributed by atoms with E-state index in [1.165, 1.54) is 0 Å². The van der Waals surface area contributed by atoms with Crippen molar-refractivity contribution in [2.75, 3.05) is 0 Å². The van der Waals surface area contributed by atoms with Crippen molar-refractivity contribution in [1.82, 2.24) is 0 Å². The Morgan fingerprint density at radius 1 is 0.750 bits per heavy atom. The fourth-order valence-electron chi connectivity index (χ4n) is 3.16. The summed E-state index contributed by atoms with van der Waals surface area (Å²) in [7, 11) is 0. The zero-order chi connectivity index (χ0) is 13.3. The van der Waals surface area contributed by atoms with Gasteiger partial charge >= 0.3 is 98.1 Å². The summed E-state index contributed by atoms with van der Waals surface area (Å²) in [6, 6.07) is 0. The van der Waals surface area contributed by atoms with E-state index in [0.29, 0.717) is 0 Å². The van der Waals surface area contributed by atoms with Gasteiger partial charge in [-0.1, -0.05) is 0 Å². The quantitative estimate of drug-likeness (QED) is 0.793. The molecule has 0 atom stereocenters. The zero-order valence-electron chi connectivity index (χ0n) is 11.6.